The normalized spacial score (nSPS) is 15.3. The summed E-state index contributed by atoms with van der Waals surface area (Å²) in [5, 5.41) is 0. The number of nitrogens with two attached hydrogens (primary N) is 1. The monoisotopic (exact) mass is 234 g/mol. The van der Waals surface area contributed by atoms with Crippen LogP contribution in [0.3, 0.4) is 0 Å². The summed E-state index contributed by atoms with van der Waals surface area (Å²) < 4.78 is 5.29. The van der Waals surface area contributed by atoms with E-state index in [1.165, 1.54) is 18.4 Å². The first kappa shape index (κ1) is 12.4. The van der Waals surface area contributed by atoms with Gasteiger partial charge in [-0.2, -0.15) is 0 Å². The number of methoxy groups -OCH3 is 1. The molecular formula is C14H22N2O. The van der Waals surface area contributed by atoms with Crippen LogP contribution in [-0.4, -0.2) is 24.6 Å². The second kappa shape index (κ2) is 5.52. The summed E-state index contributed by atoms with van der Waals surface area (Å²) in [5.74, 6) is 0.894. The zero-order chi connectivity index (χ0) is 12.3. The highest BCUT2D eigenvalue weighted by Gasteiger charge is 2.27. The van der Waals surface area contributed by atoms with E-state index in [0.717, 1.165) is 30.4 Å². The van der Waals surface area contributed by atoms with Crippen LogP contribution in [0.2, 0.25) is 0 Å². The van der Waals surface area contributed by atoms with Crippen LogP contribution in [0.5, 0.6) is 5.75 Å². The molecule has 3 heteroatoms. The van der Waals surface area contributed by atoms with Gasteiger partial charge in [-0.1, -0.05) is 13.0 Å². The maximum absolute atomic E-state index is 5.74. The van der Waals surface area contributed by atoms with Crippen LogP contribution in [0.1, 0.15) is 30.9 Å². The van der Waals surface area contributed by atoms with Crippen molar-refractivity contribution in [3.8, 4) is 5.75 Å². The topological polar surface area (TPSA) is 38.5 Å². The minimum atomic E-state index is 0.534. The van der Waals surface area contributed by atoms with Crippen molar-refractivity contribution in [3.05, 3.63) is 29.3 Å². The molecule has 2 N–H and O–H groups in total. The summed E-state index contributed by atoms with van der Waals surface area (Å²) in [6, 6.07) is 7.15. The SMILES string of the molecule is CCN(Cc1ccc(OC)c(CN)c1)C1CC1. The molecule has 1 saturated carbocycles. The Morgan fingerprint density at radius 3 is 2.71 bits per heavy atom. The molecule has 3 nitrogen and oxygen atoms in total. The fourth-order valence-corrected chi connectivity index (χ4v) is 2.26. The van der Waals surface area contributed by atoms with Crippen molar-refractivity contribution in [1.29, 1.82) is 0 Å². The first-order chi connectivity index (χ1) is 8.28. The third-order valence-corrected chi connectivity index (χ3v) is 3.42. The number of hydrogen-bond acceptors (Lipinski definition) is 3. The summed E-state index contributed by atoms with van der Waals surface area (Å²) in [7, 11) is 1.69. The molecule has 1 aliphatic carbocycles. The Hall–Kier alpha value is -1.06. The number of benzene rings is 1. The van der Waals surface area contributed by atoms with Crippen LogP contribution in [0.25, 0.3) is 0 Å². The van der Waals surface area contributed by atoms with Crippen molar-refractivity contribution in [2.45, 2.75) is 38.9 Å². The Balaban J connectivity index is 2.09. The highest BCUT2D eigenvalue weighted by atomic mass is 16.5. The van der Waals surface area contributed by atoms with Gasteiger partial charge in [-0.3, -0.25) is 4.90 Å². The molecule has 1 aliphatic rings. The predicted octanol–water partition coefficient (Wildman–Crippen LogP) is 2.14. The molecule has 0 saturated heterocycles. The lowest BCUT2D eigenvalue weighted by molar-refractivity contribution is 0.269. The minimum Gasteiger partial charge on any atom is -0.496 e. The molecule has 17 heavy (non-hydrogen) atoms. The minimum absolute atomic E-state index is 0.534. The molecule has 1 aromatic carbocycles. The van der Waals surface area contributed by atoms with Gasteiger partial charge in [0.25, 0.3) is 0 Å². The van der Waals surface area contributed by atoms with Gasteiger partial charge in [0.15, 0.2) is 0 Å². The van der Waals surface area contributed by atoms with E-state index in [1.54, 1.807) is 7.11 Å². The van der Waals surface area contributed by atoms with E-state index in [2.05, 4.69) is 24.0 Å². The fraction of sp³-hybridized carbons (Fsp3) is 0.571. The van der Waals surface area contributed by atoms with Crippen molar-refractivity contribution >= 4 is 0 Å². The first-order valence-corrected chi connectivity index (χ1v) is 6.38. The fourth-order valence-electron chi connectivity index (χ4n) is 2.26. The molecular weight excluding hydrogens is 212 g/mol. The molecule has 94 valence electrons. The van der Waals surface area contributed by atoms with Gasteiger partial charge in [0.2, 0.25) is 0 Å². The summed E-state index contributed by atoms with van der Waals surface area (Å²) in [4.78, 5) is 2.53. The van der Waals surface area contributed by atoms with Gasteiger partial charge in [-0.25, -0.2) is 0 Å². The van der Waals surface area contributed by atoms with Gasteiger partial charge in [-0.15, -0.1) is 0 Å². The van der Waals surface area contributed by atoms with E-state index in [4.69, 9.17) is 10.5 Å². The zero-order valence-corrected chi connectivity index (χ0v) is 10.8. The summed E-state index contributed by atoms with van der Waals surface area (Å²) in [6.45, 7) is 4.91. The van der Waals surface area contributed by atoms with Gasteiger partial charge >= 0.3 is 0 Å². The van der Waals surface area contributed by atoms with Crippen LogP contribution in [0.4, 0.5) is 0 Å². The quantitative estimate of drug-likeness (QED) is 0.819. The van der Waals surface area contributed by atoms with Gasteiger partial charge in [0.1, 0.15) is 5.75 Å². The Bertz CT molecular complexity index is 374. The number of rotatable bonds is 6. The average Bonchev–Trinajstić information content (AvgIpc) is 3.19. The molecule has 1 fully saturated rings. The Labute approximate surface area is 104 Å². The zero-order valence-electron chi connectivity index (χ0n) is 10.8. The lowest BCUT2D eigenvalue weighted by Gasteiger charge is -2.20. The van der Waals surface area contributed by atoms with E-state index in [-0.39, 0.29) is 0 Å². The second-order valence-electron chi connectivity index (χ2n) is 4.64. The predicted molar refractivity (Wildman–Crippen MR) is 70.0 cm³/mol. The standard InChI is InChI=1S/C14H22N2O/c1-3-16(13-5-6-13)10-11-4-7-14(17-2)12(8-11)9-15/h4,7-8,13H,3,5-6,9-10,15H2,1-2H3. The largest absolute Gasteiger partial charge is 0.496 e. The second-order valence-corrected chi connectivity index (χ2v) is 4.64. The smallest absolute Gasteiger partial charge is 0.123 e. The van der Waals surface area contributed by atoms with Crippen molar-refractivity contribution < 1.29 is 4.74 Å². The molecule has 2 rings (SSSR count). The van der Waals surface area contributed by atoms with Crippen LogP contribution in [0, 0.1) is 0 Å². The molecule has 0 amide bonds. The van der Waals surface area contributed by atoms with Crippen LogP contribution < -0.4 is 10.5 Å². The molecule has 0 radical (unpaired) electrons. The number of hydrogen-bond donors (Lipinski definition) is 1. The van der Waals surface area contributed by atoms with Crippen LogP contribution >= 0.6 is 0 Å². The summed E-state index contributed by atoms with van der Waals surface area (Å²) in [5.41, 5.74) is 8.16. The molecule has 0 bridgehead atoms. The van der Waals surface area contributed by atoms with Crippen molar-refractivity contribution in [3.63, 3.8) is 0 Å². The number of ether oxygens (including phenoxy) is 1. The van der Waals surface area contributed by atoms with Crippen LogP contribution in [-0.2, 0) is 13.1 Å². The van der Waals surface area contributed by atoms with Gasteiger partial charge in [0.05, 0.1) is 7.11 Å². The Morgan fingerprint density at radius 1 is 1.41 bits per heavy atom. The van der Waals surface area contributed by atoms with E-state index < -0.39 is 0 Å². The summed E-state index contributed by atoms with van der Waals surface area (Å²) >= 11 is 0. The van der Waals surface area contributed by atoms with Crippen LogP contribution in [0.15, 0.2) is 18.2 Å². The van der Waals surface area contributed by atoms with Gasteiger partial charge < -0.3 is 10.5 Å². The third kappa shape index (κ3) is 2.99. The molecule has 0 atom stereocenters. The van der Waals surface area contributed by atoms with E-state index in [0.29, 0.717) is 6.54 Å². The molecule has 0 unspecified atom stereocenters. The van der Waals surface area contributed by atoms with Gasteiger partial charge in [-0.05, 0) is 37.1 Å². The average molecular weight is 234 g/mol. The Morgan fingerprint density at radius 2 is 2.18 bits per heavy atom. The molecule has 1 aromatic rings. The highest BCUT2D eigenvalue weighted by molar-refractivity contribution is 5.37. The van der Waals surface area contributed by atoms with Crippen molar-refractivity contribution in [1.82, 2.24) is 4.90 Å². The molecule has 0 aliphatic heterocycles. The molecule has 0 spiro atoms. The first-order valence-electron chi connectivity index (χ1n) is 6.38. The maximum atomic E-state index is 5.74. The Kier molecular flexibility index (Phi) is 4.02. The van der Waals surface area contributed by atoms with Crippen molar-refractivity contribution in [2.24, 2.45) is 5.73 Å². The molecule has 0 heterocycles. The van der Waals surface area contributed by atoms with Crippen molar-refractivity contribution in [2.75, 3.05) is 13.7 Å². The third-order valence-electron chi connectivity index (χ3n) is 3.42. The number of nitrogens with zero attached hydrogens (tertiary/aromatic N) is 1. The lowest BCUT2D eigenvalue weighted by atomic mass is 10.1. The summed E-state index contributed by atoms with van der Waals surface area (Å²) in [6.07, 6.45) is 2.71. The van der Waals surface area contributed by atoms with E-state index >= 15 is 0 Å². The van der Waals surface area contributed by atoms with E-state index in [9.17, 15) is 0 Å². The highest BCUT2D eigenvalue weighted by Crippen LogP contribution is 2.28. The van der Waals surface area contributed by atoms with Gasteiger partial charge in [0, 0.05) is 24.7 Å². The maximum Gasteiger partial charge on any atom is 0.123 e. The van der Waals surface area contributed by atoms with E-state index in [1.807, 2.05) is 6.07 Å². The lowest BCUT2D eigenvalue weighted by Crippen LogP contribution is -2.25. The molecule has 0 aromatic heterocycles.